The number of nitrogens with zero attached hydrogens (tertiary/aromatic N) is 2. The van der Waals surface area contributed by atoms with Crippen LogP contribution in [0.15, 0.2) is 54.7 Å². The minimum absolute atomic E-state index is 0.0949. The maximum Gasteiger partial charge on any atom is 0.137 e. The van der Waals surface area contributed by atoms with E-state index >= 15 is 0 Å². The number of hydrogen-bond acceptors (Lipinski definition) is 4. The van der Waals surface area contributed by atoms with E-state index in [-0.39, 0.29) is 5.54 Å². The molecule has 5 nitrogen and oxygen atoms in total. The molecule has 1 atom stereocenters. The average Bonchev–Trinajstić information content (AvgIpc) is 3.33. The van der Waals surface area contributed by atoms with Crippen molar-refractivity contribution < 1.29 is 5.11 Å². The molecule has 2 aliphatic rings. The number of rotatable bonds is 4. The van der Waals surface area contributed by atoms with Gasteiger partial charge < -0.3 is 16.2 Å². The summed E-state index contributed by atoms with van der Waals surface area (Å²) in [6.07, 6.45) is 5.62. The van der Waals surface area contributed by atoms with E-state index in [0.717, 1.165) is 41.9 Å². The molecule has 0 amide bonds. The van der Waals surface area contributed by atoms with Gasteiger partial charge in [0.2, 0.25) is 0 Å². The Balaban J connectivity index is 1.45. The van der Waals surface area contributed by atoms with Crippen molar-refractivity contribution in [1.82, 2.24) is 9.78 Å². The molecule has 1 aromatic heterocycles. The number of aliphatic hydroxyl groups is 1. The Morgan fingerprint density at radius 2 is 1.93 bits per heavy atom. The molecule has 28 heavy (non-hydrogen) atoms. The lowest BCUT2D eigenvalue weighted by atomic mass is 9.99. The van der Waals surface area contributed by atoms with Gasteiger partial charge in [-0.05, 0) is 53.7 Å². The summed E-state index contributed by atoms with van der Waals surface area (Å²) >= 11 is 0. The summed E-state index contributed by atoms with van der Waals surface area (Å²) in [6.45, 7) is 2.52. The molecule has 1 aliphatic carbocycles. The first-order valence-electron chi connectivity index (χ1n) is 9.74. The van der Waals surface area contributed by atoms with Crippen LogP contribution in [0.2, 0.25) is 0 Å². The second-order valence-corrected chi connectivity index (χ2v) is 7.89. The Bertz CT molecular complexity index is 1060. The molecule has 1 aliphatic heterocycles. The van der Waals surface area contributed by atoms with Gasteiger partial charge in [-0.3, -0.25) is 0 Å². The fourth-order valence-electron chi connectivity index (χ4n) is 3.80. The maximum absolute atomic E-state index is 9.86. The summed E-state index contributed by atoms with van der Waals surface area (Å²) in [7, 11) is 0. The van der Waals surface area contributed by atoms with E-state index in [1.165, 1.54) is 16.7 Å². The minimum Gasteiger partial charge on any atom is -0.389 e. The number of aromatic nitrogens is 2. The van der Waals surface area contributed by atoms with Gasteiger partial charge in [0.05, 0.1) is 12.3 Å². The van der Waals surface area contributed by atoms with E-state index in [9.17, 15) is 5.11 Å². The summed E-state index contributed by atoms with van der Waals surface area (Å²) in [5.41, 5.74) is 12.8. The molecule has 4 N–H and O–H groups in total. The second-order valence-electron chi connectivity index (χ2n) is 7.89. The minimum atomic E-state index is -0.489. The lowest BCUT2D eigenvalue weighted by Crippen LogP contribution is -2.18. The van der Waals surface area contributed by atoms with Crippen LogP contribution in [0.25, 0.3) is 22.9 Å². The smallest absolute Gasteiger partial charge is 0.137 e. The zero-order chi connectivity index (χ0) is 19.3. The van der Waals surface area contributed by atoms with E-state index < -0.39 is 6.10 Å². The quantitative estimate of drug-likeness (QED) is 0.648. The summed E-state index contributed by atoms with van der Waals surface area (Å²) in [5.74, 6) is 0.974. The van der Waals surface area contributed by atoms with Crippen LogP contribution >= 0.6 is 0 Å². The average molecular weight is 372 g/mol. The standard InChI is InChI=1S/C23H24N4O/c1-15(28)17-3-2-4-18(11-17)21-13-26-27-14-19(12-25-22(21)27)16-5-7-20(8-6-16)23(24)9-10-23/h2-8,11,13-15,25,28H,9-10,12,24H2,1H3. The summed E-state index contributed by atoms with van der Waals surface area (Å²) in [4.78, 5) is 0. The Morgan fingerprint density at radius 1 is 1.14 bits per heavy atom. The maximum atomic E-state index is 9.86. The molecule has 2 aromatic carbocycles. The fraction of sp³-hybridized carbons (Fsp3) is 0.261. The predicted molar refractivity (Wildman–Crippen MR) is 112 cm³/mol. The van der Waals surface area contributed by atoms with E-state index in [1.807, 2.05) is 35.1 Å². The third kappa shape index (κ3) is 2.93. The molecule has 0 spiro atoms. The van der Waals surface area contributed by atoms with Gasteiger partial charge in [-0.1, -0.05) is 42.5 Å². The molecular formula is C23H24N4O. The highest BCUT2D eigenvalue weighted by atomic mass is 16.3. The summed E-state index contributed by atoms with van der Waals surface area (Å²) in [6, 6.07) is 16.6. The van der Waals surface area contributed by atoms with Gasteiger partial charge >= 0.3 is 0 Å². The highest BCUT2D eigenvalue weighted by molar-refractivity contribution is 5.86. The Kier molecular flexibility index (Phi) is 3.89. The van der Waals surface area contributed by atoms with E-state index in [0.29, 0.717) is 0 Å². The molecule has 0 saturated heterocycles. The van der Waals surface area contributed by atoms with Crippen molar-refractivity contribution in [3.8, 4) is 11.1 Å². The van der Waals surface area contributed by atoms with Crippen LogP contribution in [0, 0.1) is 0 Å². The van der Waals surface area contributed by atoms with Gasteiger partial charge in [-0.2, -0.15) is 5.10 Å². The molecule has 2 heterocycles. The van der Waals surface area contributed by atoms with Crippen LogP contribution in [-0.2, 0) is 5.54 Å². The number of nitrogens with one attached hydrogen (secondary N) is 1. The Morgan fingerprint density at radius 3 is 2.64 bits per heavy atom. The van der Waals surface area contributed by atoms with E-state index in [1.54, 1.807) is 6.92 Å². The number of aliphatic hydroxyl groups excluding tert-OH is 1. The SMILES string of the molecule is CC(O)c1cccc(-c2cnn3c2NCC(c2ccc(C4(N)CC4)cc2)=C3)c1. The molecule has 1 unspecified atom stereocenters. The molecule has 0 bridgehead atoms. The van der Waals surface area contributed by atoms with Crippen molar-refractivity contribution in [3.63, 3.8) is 0 Å². The lowest BCUT2D eigenvalue weighted by Gasteiger charge is -2.19. The van der Waals surface area contributed by atoms with Gasteiger partial charge in [0.25, 0.3) is 0 Å². The topological polar surface area (TPSA) is 76.1 Å². The monoisotopic (exact) mass is 372 g/mol. The molecule has 1 saturated carbocycles. The van der Waals surface area contributed by atoms with Crippen LogP contribution in [0.1, 0.15) is 42.6 Å². The van der Waals surface area contributed by atoms with Gasteiger partial charge in [0, 0.05) is 23.8 Å². The van der Waals surface area contributed by atoms with Crippen molar-refractivity contribution in [3.05, 3.63) is 71.4 Å². The predicted octanol–water partition coefficient (Wildman–Crippen LogP) is 3.97. The first kappa shape index (κ1) is 17.2. The lowest BCUT2D eigenvalue weighted by molar-refractivity contribution is 0.199. The molecule has 5 heteroatoms. The number of anilines is 1. The molecule has 1 fully saturated rings. The van der Waals surface area contributed by atoms with Crippen LogP contribution < -0.4 is 11.1 Å². The molecular weight excluding hydrogens is 348 g/mol. The van der Waals surface area contributed by atoms with Gasteiger partial charge in [-0.25, -0.2) is 4.68 Å². The number of fused-ring (bicyclic) bond motifs is 1. The van der Waals surface area contributed by atoms with Gasteiger partial charge in [-0.15, -0.1) is 0 Å². The number of nitrogens with two attached hydrogens (primary N) is 1. The first-order valence-corrected chi connectivity index (χ1v) is 9.74. The molecule has 3 aromatic rings. The first-order chi connectivity index (χ1) is 13.5. The zero-order valence-corrected chi connectivity index (χ0v) is 15.9. The Labute approximate surface area is 164 Å². The van der Waals surface area contributed by atoms with Crippen LogP contribution in [0.5, 0.6) is 0 Å². The van der Waals surface area contributed by atoms with Crippen LogP contribution in [0.4, 0.5) is 5.82 Å². The zero-order valence-electron chi connectivity index (χ0n) is 15.9. The highest BCUT2D eigenvalue weighted by Crippen LogP contribution is 2.43. The summed E-state index contributed by atoms with van der Waals surface area (Å²) in [5, 5.41) is 17.9. The van der Waals surface area contributed by atoms with Gasteiger partial charge in [0.15, 0.2) is 0 Å². The number of hydrogen-bond donors (Lipinski definition) is 3. The van der Waals surface area contributed by atoms with Crippen molar-refractivity contribution in [2.45, 2.75) is 31.4 Å². The van der Waals surface area contributed by atoms with Crippen molar-refractivity contribution in [2.75, 3.05) is 11.9 Å². The molecule has 142 valence electrons. The Hall–Kier alpha value is -2.89. The third-order valence-electron chi connectivity index (χ3n) is 5.82. The molecule has 0 radical (unpaired) electrons. The van der Waals surface area contributed by atoms with Crippen molar-refractivity contribution >= 4 is 17.6 Å². The van der Waals surface area contributed by atoms with Crippen LogP contribution in [-0.4, -0.2) is 21.4 Å². The molecule has 5 rings (SSSR count). The van der Waals surface area contributed by atoms with Crippen molar-refractivity contribution in [2.24, 2.45) is 5.73 Å². The summed E-state index contributed by atoms with van der Waals surface area (Å²) < 4.78 is 1.89. The second kappa shape index (κ2) is 6.33. The largest absolute Gasteiger partial charge is 0.389 e. The highest BCUT2D eigenvalue weighted by Gasteiger charge is 2.39. The van der Waals surface area contributed by atoms with Gasteiger partial charge in [0.1, 0.15) is 5.82 Å². The van der Waals surface area contributed by atoms with Crippen LogP contribution in [0.3, 0.4) is 0 Å². The number of benzene rings is 2. The van der Waals surface area contributed by atoms with E-state index in [4.69, 9.17) is 5.73 Å². The van der Waals surface area contributed by atoms with E-state index in [2.05, 4.69) is 40.9 Å². The third-order valence-corrected chi connectivity index (χ3v) is 5.82. The van der Waals surface area contributed by atoms with Crippen molar-refractivity contribution in [1.29, 1.82) is 0 Å². The normalized spacial score (nSPS) is 18.0. The fourth-order valence-corrected chi connectivity index (χ4v) is 3.80.